The molecule has 6 heteroatoms. The molecule has 0 fully saturated rings. The second kappa shape index (κ2) is 3.52. The third-order valence-electron chi connectivity index (χ3n) is 1.71. The lowest BCUT2D eigenvalue weighted by Gasteiger charge is -1.98. The van der Waals surface area contributed by atoms with Crippen LogP contribution < -0.4 is 0 Å². The average molecular weight is 292 g/mol. The molecular weight excluding hydrogens is 286 g/mol. The Morgan fingerprint density at radius 1 is 1.36 bits per heavy atom. The van der Waals surface area contributed by atoms with Gasteiger partial charge in [-0.2, -0.15) is 0 Å². The minimum Gasteiger partial charge on any atom is -0.366 e. The summed E-state index contributed by atoms with van der Waals surface area (Å²) in [6.45, 7) is 0. The Morgan fingerprint density at radius 2 is 2.14 bits per heavy atom. The van der Waals surface area contributed by atoms with Crippen LogP contribution in [0.15, 0.2) is 43.5 Å². The lowest BCUT2D eigenvalue weighted by atomic mass is 10.7. The Kier molecular flexibility index (Phi) is 2.50. The molecule has 0 aromatic carbocycles. The van der Waals surface area contributed by atoms with Crippen molar-refractivity contribution in [3.8, 4) is 0 Å². The quantitative estimate of drug-likeness (QED) is 0.925. The summed E-state index contributed by atoms with van der Waals surface area (Å²) in [5, 5.41) is 1.74. The normalized spacial score (nSPS) is 11.8. The first kappa shape index (κ1) is 9.95. The minimum absolute atomic E-state index is 0.292. The number of aromatic nitrogens is 1. The fraction of sp³-hybridized carbons (Fsp3) is 0. The van der Waals surface area contributed by atoms with E-state index >= 15 is 0 Å². The third-order valence-corrected chi connectivity index (χ3v) is 6.13. The Hall–Kier alpha value is -0.590. The number of halogens is 1. The van der Waals surface area contributed by atoms with Crippen molar-refractivity contribution in [2.24, 2.45) is 0 Å². The molecule has 2 rings (SSSR count). The van der Waals surface area contributed by atoms with Crippen molar-refractivity contribution in [2.75, 3.05) is 0 Å². The van der Waals surface area contributed by atoms with Crippen molar-refractivity contribution < 1.29 is 8.42 Å². The highest BCUT2D eigenvalue weighted by Crippen LogP contribution is 2.32. The van der Waals surface area contributed by atoms with Gasteiger partial charge in [-0.25, -0.2) is 8.42 Å². The van der Waals surface area contributed by atoms with Gasteiger partial charge in [0.15, 0.2) is 0 Å². The Balaban J connectivity index is 2.60. The summed E-state index contributed by atoms with van der Waals surface area (Å²) >= 11 is 4.41. The van der Waals surface area contributed by atoms with Crippen LogP contribution >= 0.6 is 27.3 Å². The number of thiophene rings is 1. The van der Waals surface area contributed by atoms with E-state index in [1.54, 1.807) is 23.7 Å². The molecule has 2 aromatic heterocycles. The fourth-order valence-electron chi connectivity index (χ4n) is 1.05. The summed E-state index contributed by atoms with van der Waals surface area (Å²) in [6.07, 6.45) is 3.07. The molecule has 74 valence electrons. The van der Waals surface area contributed by atoms with E-state index in [2.05, 4.69) is 20.9 Å². The van der Waals surface area contributed by atoms with Gasteiger partial charge in [-0.15, -0.1) is 11.3 Å². The molecule has 1 N–H and O–H groups in total. The zero-order valence-electron chi connectivity index (χ0n) is 6.90. The van der Waals surface area contributed by atoms with E-state index in [-0.39, 0.29) is 0 Å². The van der Waals surface area contributed by atoms with Crippen molar-refractivity contribution in [1.82, 2.24) is 4.98 Å². The summed E-state index contributed by atoms with van der Waals surface area (Å²) in [7, 11) is -3.34. The maximum absolute atomic E-state index is 11.9. The van der Waals surface area contributed by atoms with Crippen molar-refractivity contribution in [2.45, 2.75) is 9.10 Å². The summed E-state index contributed by atoms with van der Waals surface area (Å²) in [6, 6.07) is 3.27. The Bertz CT molecular complexity index is 527. The largest absolute Gasteiger partial charge is 0.366 e. The fourth-order valence-corrected chi connectivity index (χ4v) is 4.76. The second-order valence-corrected chi connectivity index (χ2v) is 6.52. The first-order chi connectivity index (χ1) is 6.62. The van der Waals surface area contributed by atoms with Crippen LogP contribution in [0, 0.1) is 0 Å². The summed E-state index contributed by atoms with van der Waals surface area (Å²) in [4.78, 5) is 3.02. The predicted molar refractivity (Wildman–Crippen MR) is 58.3 cm³/mol. The van der Waals surface area contributed by atoms with Gasteiger partial charge in [0.1, 0.15) is 4.21 Å². The molecule has 0 saturated carbocycles. The van der Waals surface area contributed by atoms with E-state index in [0.717, 1.165) is 0 Å². The van der Waals surface area contributed by atoms with Crippen LogP contribution in [0.5, 0.6) is 0 Å². The smallest absolute Gasteiger partial charge is 0.218 e. The van der Waals surface area contributed by atoms with Crippen molar-refractivity contribution >= 4 is 37.1 Å². The number of hydrogen-bond acceptors (Lipinski definition) is 3. The molecular formula is C8H6BrNO2S2. The Labute approximate surface area is 93.8 Å². The topological polar surface area (TPSA) is 49.9 Å². The van der Waals surface area contributed by atoms with Crippen molar-refractivity contribution in [1.29, 1.82) is 0 Å². The van der Waals surface area contributed by atoms with E-state index in [1.165, 1.54) is 17.5 Å². The molecule has 0 amide bonds. The van der Waals surface area contributed by atoms with Crippen molar-refractivity contribution in [3.63, 3.8) is 0 Å². The molecule has 2 heterocycles. The van der Waals surface area contributed by atoms with Crippen LogP contribution in [0.4, 0.5) is 0 Å². The molecule has 0 aliphatic rings. The van der Waals surface area contributed by atoms with E-state index < -0.39 is 9.84 Å². The van der Waals surface area contributed by atoms with Gasteiger partial charge in [0.05, 0.1) is 4.90 Å². The van der Waals surface area contributed by atoms with Gasteiger partial charge in [0.25, 0.3) is 0 Å². The summed E-state index contributed by atoms with van der Waals surface area (Å²) < 4.78 is 24.8. The van der Waals surface area contributed by atoms with Crippen LogP contribution in [0.1, 0.15) is 0 Å². The number of nitrogens with one attached hydrogen (secondary N) is 1. The predicted octanol–water partition coefficient (Wildman–Crippen LogP) is 2.67. The number of rotatable bonds is 2. The zero-order chi connectivity index (χ0) is 10.2. The Morgan fingerprint density at radius 3 is 2.64 bits per heavy atom. The monoisotopic (exact) mass is 291 g/mol. The van der Waals surface area contributed by atoms with Crippen molar-refractivity contribution in [3.05, 3.63) is 34.4 Å². The van der Waals surface area contributed by atoms with Gasteiger partial charge in [-0.05, 0) is 33.4 Å². The highest BCUT2D eigenvalue weighted by Gasteiger charge is 2.21. The van der Waals surface area contributed by atoms with Crippen LogP contribution in [-0.4, -0.2) is 13.4 Å². The lowest BCUT2D eigenvalue weighted by molar-refractivity contribution is 0.598. The molecule has 0 unspecified atom stereocenters. The van der Waals surface area contributed by atoms with E-state index in [0.29, 0.717) is 13.6 Å². The summed E-state index contributed by atoms with van der Waals surface area (Å²) in [5.41, 5.74) is 0. The zero-order valence-corrected chi connectivity index (χ0v) is 10.1. The van der Waals surface area contributed by atoms with Crippen LogP contribution in [-0.2, 0) is 9.84 Å². The van der Waals surface area contributed by atoms with E-state index in [9.17, 15) is 8.42 Å². The average Bonchev–Trinajstić information content (AvgIpc) is 2.72. The van der Waals surface area contributed by atoms with Gasteiger partial charge in [-0.1, -0.05) is 0 Å². The number of sulfone groups is 1. The second-order valence-electron chi connectivity index (χ2n) is 2.61. The summed E-state index contributed by atoms with van der Waals surface area (Å²) in [5.74, 6) is 0. The molecule has 0 saturated heterocycles. The van der Waals surface area contributed by atoms with Crippen LogP contribution in [0.2, 0.25) is 0 Å². The number of hydrogen-bond donors (Lipinski definition) is 1. The number of H-pyrrole nitrogens is 1. The van der Waals surface area contributed by atoms with Crippen LogP contribution in [0.3, 0.4) is 0 Å². The maximum atomic E-state index is 11.9. The number of aromatic amines is 1. The molecule has 0 atom stereocenters. The molecule has 0 bridgehead atoms. The van der Waals surface area contributed by atoms with Gasteiger partial charge in [-0.3, -0.25) is 0 Å². The third kappa shape index (κ3) is 1.53. The molecule has 3 nitrogen and oxygen atoms in total. The first-order valence-corrected chi connectivity index (χ1v) is 6.89. The van der Waals surface area contributed by atoms with Gasteiger partial charge >= 0.3 is 0 Å². The highest BCUT2D eigenvalue weighted by molar-refractivity contribution is 9.10. The first-order valence-electron chi connectivity index (χ1n) is 3.73. The minimum atomic E-state index is -3.34. The molecule has 2 aromatic rings. The molecule has 0 aliphatic carbocycles. The standard InChI is InChI=1S/C8H6BrNO2S2/c9-7-2-4-13-8(7)14(11,12)6-1-3-10-5-6/h1-5,10H. The van der Waals surface area contributed by atoms with E-state index in [4.69, 9.17) is 0 Å². The van der Waals surface area contributed by atoms with E-state index in [1.807, 2.05) is 0 Å². The molecule has 0 radical (unpaired) electrons. The molecule has 0 spiro atoms. The molecule has 0 aliphatic heterocycles. The maximum Gasteiger partial charge on any atom is 0.218 e. The van der Waals surface area contributed by atoms with Gasteiger partial charge in [0.2, 0.25) is 9.84 Å². The van der Waals surface area contributed by atoms with Gasteiger partial charge < -0.3 is 4.98 Å². The SMILES string of the molecule is O=S(=O)(c1cc[nH]c1)c1sccc1Br. The lowest BCUT2D eigenvalue weighted by Crippen LogP contribution is -1.98. The van der Waals surface area contributed by atoms with Gasteiger partial charge in [0, 0.05) is 16.9 Å². The molecule has 14 heavy (non-hydrogen) atoms. The highest BCUT2D eigenvalue weighted by atomic mass is 79.9. The van der Waals surface area contributed by atoms with Crippen LogP contribution in [0.25, 0.3) is 0 Å².